The highest BCUT2D eigenvalue weighted by Gasteiger charge is 2.12. The van der Waals surface area contributed by atoms with Crippen LogP contribution in [0.3, 0.4) is 0 Å². The van der Waals surface area contributed by atoms with E-state index in [2.05, 4.69) is 48.6 Å². The molecule has 0 amide bonds. The summed E-state index contributed by atoms with van der Waals surface area (Å²) in [6.07, 6.45) is 1.05. The van der Waals surface area contributed by atoms with Crippen LogP contribution in [0.1, 0.15) is 23.7 Å². The second-order valence-electron chi connectivity index (χ2n) is 4.73. The van der Waals surface area contributed by atoms with Crippen molar-refractivity contribution in [3.8, 4) is 5.75 Å². The molecule has 3 heteroatoms. The van der Waals surface area contributed by atoms with Crippen molar-refractivity contribution in [3.63, 3.8) is 0 Å². The highest BCUT2D eigenvalue weighted by atomic mass is 35.5. The maximum Gasteiger partial charge on any atom is 0.125 e. The Hall–Kier alpha value is -1.51. The summed E-state index contributed by atoms with van der Waals surface area (Å²) in [6, 6.07) is 18.6. The third-order valence-electron chi connectivity index (χ3n) is 3.10. The summed E-state index contributed by atoms with van der Waals surface area (Å²) in [7, 11) is 1.97. The predicted molar refractivity (Wildman–Crippen MR) is 86.8 cm³/mol. The number of ether oxygens (including phenoxy) is 1. The molecule has 0 aliphatic heterocycles. The van der Waals surface area contributed by atoms with Gasteiger partial charge in [-0.25, -0.2) is 0 Å². The van der Waals surface area contributed by atoms with E-state index < -0.39 is 0 Å². The lowest BCUT2D eigenvalue weighted by atomic mass is 10.1. The van der Waals surface area contributed by atoms with E-state index in [0.717, 1.165) is 18.7 Å². The van der Waals surface area contributed by atoms with Gasteiger partial charge in [-0.15, -0.1) is 12.4 Å². The Kier molecular flexibility index (Phi) is 7.13. The van der Waals surface area contributed by atoms with Crippen LogP contribution in [-0.4, -0.2) is 13.6 Å². The van der Waals surface area contributed by atoms with Crippen LogP contribution in [-0.2, 0) is 0 Å². The van der Waals surface area contributed by atoms with Gasteiger partial charge in [0.05, 0.1) is 0 Å². The lowest BCUT2D eigenvalue weighted by Gasteiger charge is -2.20. The van der Waals surface area contributed by atoms with Gasteiger partial charge in [0.15, 0.2) is 0 Å². The monoisotopic (exact) mass is 291 g/mol. The predicted octanol–water partition coefficient (Wildman–Crippen LogP) is 4.15. The van der Waals surface area contributed by atoms with Crippen molar-refractivity contribution in [2.45, 2.75) is 19.4 Å². The summed E-state index contributed by atoms with van der Waals surface area (Å²) in [5.74, 6) is 0.935. The molecule has 0 aromatic heterocycles. The van der Waals surface area contributed by atoms with E-state index in [-0.39, 0.29) is 18.5 Å². The lowest BCUT2D eigenvalue weighted by molar-refractivity contribution is 0.195. The molecule has 2 rings (SSSR count). The van der Waals surface area contributed by atoms with Gasteiger partial charge in [-0.05, 0) is 43.8 Å². The fraction of sp³-hybridized carbons (Fsp3) is 0.294. The summed E-state index contributed by atoms with van der Waals surface area (Å²) in [5.41, 5.74) is 2.44. The third-order valence-corrected chi connectivity index (χ3v) is 3.10. The molecule has 1 atom stereocenters. The van der Waals surface area contributed by atoms with Crippen molar-refractivity contribution >= 4 is 12.4 Å². The van der Waals surface area contributed by atoms with Gasteiger partial charge >= 0.3 is 0 Å². The molecule has 2 nitrogen and oxygen atoms in total. The fourth-order valence-corrected chi connectivity index (χ4v) is 2.09. The minimum absolute atomic E-state index is 0. The second-order valence-corrected chi connectivity index (χ2v) is 4.73. The highest BCUT2D eigenvalue weighted by Crippen LogP contribution is 2.25. The van der Waals surface area contributed by atoms with E-state index in [1.165, 1.54) is 11.1 Å². The maximum absolute atomic E-state index is 6.14. The summed E-state index contributed by atoms with van der Waals surface area (Å²) in [6.45, 7) is 3.02. The van der Waals surface area contributed by atoms with E-state index in [1.807, 2.05) is 25.2 Å². The smallest absolute Gasteiger partial charge is 0.125 e. The molecular formula is C17H22ClNO. The van der Waals surface area contributed by atoms with Gasteiger partial charge in [-0.3, -0.25) is 0 Å². The molecule has 0 bridgehead atoms. The molecule has 108 valence electrons. The Bertz CT molecular complexity index is 501. The highest BCUT2D eigenvalue weighted by molar-refractivity contribution is 5.85. The van der Waals surface area contributed by atoms with Gasteiger partial charge in [0, 0.05) is 6.42 Å². The summed E-state index contributed by atoms with van der Waals surface area (Å²) in [4.78, 5) is 0. The number of hydrogen-bond donors (Lipinski definition) is 1. The molecule has 1 unspecified atom stereocenters. The molecule has 0 aliphatic rings. The molecule has 0 radical (unpaired) electrons. The quantitative estimate of drug-likeness (QED) is 0.863. The van der Waals surface area contributed by atoms with Crippen LogP contribution in [0.5, 0.6) is 5.75 Å². The number of aryl methyl sites for hydroxylation is 1. The molecule has 0 saturated carbocycles. The fourth-order valence-electron chi connectivity index (χ4n) is 2.09. The zero-order valence-corrected chi connectivity index (χ0v) is 12.8. The number of halogens is 1. The van der Waals surface area contributed by atoms with Gasteiger partial charge in [-0.1, -0.05) is 42.5 Å². The summed E-state index contributed by atoms with van der Waals surface area (Å²) < 4.78 is 6.14. The Morgan fingerprint density at radius 3 is 2.45 bits per heavy atom. The van der Waals surface area contributed by atoms with Crippen LogP contribution >= 0.6 is 12.4 Å². The molecule has 0 aliphatic carbocycles. The van der Waals surface area contributed by atoms with Crippen molar-refractivity contribution in [1.82, 2.24) is 5.32 Å². The number of benzene rings is 2. The van der Waals surface area contributed by atoms with Crippen LogP contribution in [0.4, 0.5) is 0 Å². The first-order chi connectivity index (χ1) is 9.29. The van der Waals surface area contributed by atoms with Crippen molar-refractivity contribution in [2.75, 3.05) is 13.6 Å². The van der Waals surface area contributed by atoms with E-state index >= 15 is 0 Å². The number of hydrogen-bond acceptors (Lipinski definition) is 2. The summed E-state index contributed by atoms with van der Waals surface area (Å²) >= 11 is 0. The Morgan fingerprint density at radius 1 is 1.05 bits per heavy atom. The largest absolute Gasteiger partial charge is 0.486 e. The zero-order chi connectivity index (χ0) is 13.5. The van der Waals surface area contributed by atoms with Crippen LogP contribution in [0, 0.1) is 6.92 Å². The molecule has 2 aromatic rings. The average Bonchev–Trinajstić information content (AvgIpc) is 2.44. The van der Waals surface area contributed by atoms with Crippen LogP contribution in [0.15, 0.2) is 54.6 Å². The summed E-state index contributed by atoms with van der Waals surface area (Å²) in [5, 5.41) is 3.19. The minimum Gasteiger partial charge on any atom is -0.486 e. The Labute approximate surface area is 127 Å². The van der Waals surface area contributed by atoms with Crippen molar-refractivity contribution in [1.29, 1.82) is 0 Å². The van der Waals surface area contributed by atoms with E-state index in [0.29, 0.717) is 0 Å². The molecule has 20 heavy (non-hydrogen) atoms. The van der Waals surface area contributed by atoms with Gasteiger partial charge < -0.3 is 10.1 Å². The average molecular weight is 292 g/mol. The van der Waals surface area contributed by atoms with Gasteiger partial charge in [-0.2, -0.15) is 0 Å². The molecule has 0 spiro atoms. The number of nitrogens with one attached hydrogen (secondary N) is 1. The zero-order valence-electron chi connectivity index (χ0n) is 12.0. The van der Waals surface area contributed by atoms with Crippen LogP contribution in [0.2, 0.25) is 0 Å². The van der Waals surface area contributed by atoms with Crippen molar-refractivity contribution in [3.05, 3.63) is 65.7 Å². The number of rotatable bonds is 6. The van der Waals surface area contributed by atoms with Gasteiger partial charge in [0.25, 0.3) is 0 Å². The first-order valence-corrected chi connectivity index (χ1v) is 6.72. The van der Waals surface area contributed by atoms with E-state index in [1.54, 1.807) is 0 Å². The topological polar surface area (TPSA) is 21.3 Å². The standard InChI is InChI=1S/C17H21NO.ClH/c1-14-7-6-10-16(13-14)19-17(11-12-18-2)15-8-4-3-5-9-15;/h3-10,13,17-18H,11-12H2,1-2H3;1H. The first kappa shape index (κ1) is 16.5. The molecule has 0 fully saturated rings. The lowest BCUT2D eigenvalue weighted by Crippen LogP contribution is -2.16. The Balaban J connectivity index is 0.00000200. The molecule has 1 N–H and O–H groups in total. The minimum atomic E-state index is 0. The van der Waals surface area contributed by atoms with Gasteiger partial charge in [0.2, 0.25) is 0 Å². The van der Waals surface area contributed by atoms with Crippen LogP contribution in [0.25, 0.3) is 0 Å². The second kappa shape index (κ2) is 8.62. The maximum atomic E-state index is 6.14. The third kappa shape index (κ3) is 4.87. The van der Waals surface area contributed by atoms with Crippen LogP contribution < -0.4 is 10.1 Å². The first-order valence-electron chi connectivity index (χ1n) is 6.72. The normalized spacial score (nSPS) is 11.5. The molecule has 2 aromatic carbocycles. The van der Waals surface area contributed by atoms with E-state index in [9.17, 15) is 0 Å². The van der Waals surface area contributed by atoms with Gasteiger partial charge in [0.1, 0.15) is 11.9 Å². The van der Waals surface area contributed by atoms with Crippen molar-refractivity contribution < 1.29 is 4.74 Å². The SMILES string of the molecule is CNCCC(Oc1cccc(C)c1)c1ccccc1.Cl. The molecule has 0 heterocycles. The molecule has 0 saturated heterocycles. The van der Waals surface area contributed by atoms with Crippen molar-refractivity contribution in [2.24, 2.45) is 0 Å². The molecular weight excluding hydrogens is 270 g/mol. The Morgan fingerprint density at radius 2 is 1.80 bits per heavy atom. The van der Waals surface area contributed by atoms with E-state index in [4.69, 9.17) is 4.74 Å².